The highest BCUT2D eigenvalue weighted by molar-refractivity contribution is 4.77. The molecule has 0 spiro atoms. The molecule has 0 bridgehead atoms. The topological polar surface area (TPSA) is 44.7 Å². The molecule has 1 fully saturated rings. The van der Waals surface area contributed by atoms with Crippen molar-refractivity contribution in [1.82, 2.24) is 10.2 Å². The fourth-order valence-electron chi connectivity index (χ4n) is 2.41. The van der Waals surface area contributed by atoms with Gasteiger partial charge in [0, 0.05) is 13.2 Å². The van der Waals surface area contributed by atoms with Gasteiger partial charge in [0.1, 0.15) is 0 Å². The number of rotatable bonds is 8. The summed E-state index contributed by atoms with van der Waals surface area (Å²) in [5.41, 5.74) is 0. The third-order valence-corrected chi connectivity index (χ3v) is 3.40. The number of nitrogens with one attached hydrogen (secondary N) is 1. The maximum Gasteiger partial charge on any atom is 0.0785 e. The molecule has 1 aliphatic heterocycles. The van der Waals surface area contributed by atoms with Crippen LogP contribution in [0.25, 0.3) is 0 Å². The molecule has 1 heterocycles. The molecule has 0 aromatic heterocycles. The van der Waals surface area contributed by atoms with E-state index >= 15 is 0 Å². The Morgan fingerprint density at radius 3 is 2.71 bits per heavy atom. The van der Waals surface area contributed by atoms with Crippen LogP contribution in [-0.2, 0) is 4.74 Å². The first-order valence-corrected chi connectivity index (χ1v) is 6.89. The molecule has 0 aromatic rings. The van der Waals surface area contributed by atoms with E-state index in [1.807, 2.05) is 0 Å². The van der Waals surface area contributed by atoms with Crippen LogP contribution >= 0.6 is 0 Å². The molecule has 102 valence electrons. The smallest absolute Gasteiger partial charge is 0.0785 e. The van der Waals surface area contributed by atoms with E-state index < -0.39 is 0 Å². The first kappa shape index (κ1) is 14.9. The predicted molar refractivity (Wildman–Crippen MR) is 70.3 cm³/mol. The van der Waals surface area contributed by atoms with Crippen LogP contribution in [0, 0.1) is 0 Å². The normalized spacial score (nSPS) is 20.6. The lowest BCUT2D eigenvalue weighted by molar-refractivity contribution is 0.0583. The van der Waals surface area contributed by atoms with E-state index in [-0.39, 0.29) is 6.10 Å². The molecule has 17 heavy (non-hydrogen) atoms. The molecule has 0 radical (unpaired) electrons. The molecular formula is C13H28N2O2. The van der Waals surface area contributed by atoms with Crippen molar-refractivity contribution in [3.05, 3.63) is 0 Å². The second-order valence-corrected chi connectivity index (χ2v) is 4.97. The summed E-state index contributed by atoms with van der Waals surface area (Å²) in [6, 6.07) is 0.637. The zero-order chi connectivity index (χ0) is 12.5. The standard InChI is InChI=1S/C13H28N2O2/c1-3-8-15-9-5-12(6-10-15)14-7-4-13(16)11-17-2/h12-14,16H,3-11H2,1-2H3. The lowest BCUT2D eigenvalue weighted by Gasteiger charge is -2.32. The summed E-state index contributed by atoms with van der Waals surface area (Å²) in [4.78, 5) is 2.54. The van der Waals surface area contributed by atoms with Gasteiger partial charge in [-0.05, 0) is 51.9 Å². The Balaban J connectivity index is 2.02. The molecule has 1 rings (SSSR count). The highest BCUT2D eigenvalue weighted by Gasteiger charge is 2.17. The second kappa shape index (κ2) is 8.86. The molecule has 1 aliphatic rings. The average molecular weight is 244 g/mol. The van der Waals surface area contributed by atoms with E-state index in [2.05, 4.69) is 17.1 Å². The van der Waals surface area contributed by atoms with Crippen LogP contribution in [0.15, 0.2) is 0 Å². The second-order valence-electron chi connectivity index (χ2n) is 4.97. The number of nitrogens with zero attached hydrogens (tertiary/aromatic N) is 1. The summed E-state index contributed by atoms with van der Waals surface area (Å²) < 4.78 is 4.90. The SMILES string of the molecule is CCCN1CCC(NCCC(O)COC)CC1. The fourth-order valence-corrected chi connectivity index (χ4v) is 2.41. The minimum absolute atomic E-state index is 0.326. The van der Waals surface area contributed by atoms with E-state index in [1.54, 1.807) is 7.11 Å². The number of aliphatic hydroxyl groups excluding tert-OH is 1. The van der Waals surface area contributed by atoms with E-state index in [0.29, 0.717) is 12.6 Å². The van der Waals surface area contributed by atoms with Crippen LogP contribution in [0.4, 0.5) is 0 Å². The van der Waals surface area contributed by atoms with Crippen LogP contribution in [0.3, 0.4) is 0 Å². The number of hydrogen-bond donors (Lipinski definition) is 2. The molecule has 4 nitrogen and oxygen atoms in total. The van der Waals surface area contributed by atoms with Crippen molar-refractivity contribution in [1.29, 1.82) is 0 Å². The van der Waals surface area contributed by atoms with Crippen molar-refractivity contribution in [2.75, 3.05) is 39.9 Å². The van der Waals surface area contributed by atoms with Crippen molar-refractivity contribution in [2.45, 2.75) is 44.8 Å². The number of piperidine rings is 1. The Labute approximate surface area is 105 Å². The van der Waals surface area contributed by atoms with Crippen LogP contribution in [0.5, 0.6) is 0 Å². The van der Waals surface area contributed by atoms with Crippen LogP contribution in [-0.4, -0.2) is 62.0 Å². The number of hydrogen-bond acceptors (Lipinski definition) is 4. The average Bonchev–Trinajstić information content (AvgIpc) is 2.32. The van der Waals surface area contributed by atoms with E-state index in [1.165, 1.54) is 38.9 Å². The first-order valence-electron chi connectivity index (χ1n) is 6.89. The molecule has 4 heteroatoms. The fraction of sp³-hybridized carbons (Fsp3) is 1.00. The highest BCUT2D eigenvalue weighted by atomic mass is 16.5. The van der Waals surface area contributed by atoms with Crippen LogP contribution in [0.1, 0.15) is 32.6 Å². The molecule has 0 aromatic carbocycles. The van der Waals surface area contributed by atoms with Gasteiger partial charge in [-0.2, -0.15) is 0 Å². The number of aliphatic hydroxyl groups is 1. The Morgan fingerprint density at radius 1 is 1.41 bits per heavy atom. The molecule has 1 saturated heterocycles. The number of ether oxygens (including phenoxy) is 1. The monoisotopic (exact) mass is 244 g/mol. The van der Waals surface area contributed by atoms with Gasteiger partial charge in [-0.3, -0.25) is 0 Å². The van der Waals surface area contributed by atoms with Crippen molar-refractivity contribution < 1.29 is 9.84 Å². The van der Waals surface area contributed by atoms with Crippen molar-refractivity contribution >= 4 is 0 Å². The van der Waals surface area contributed by atoms with Crippen LogP contribution < -0.4 is 5.32 Å². The molecule has 0 aliphatic carbocycles. The lowest BCUT2D eigenvalue weighted by Crippen LogP contribution is -2.43. The molecule has 1 unspecified atom stereocenters. The van der Waals surface area contributed by atoms with Crippen molar-refractivity contribution in [3.63, 3.8) is 0 Å². The molecule has 2 N–H and O–H groups in total. The third kappa shape index (κ3) is 6.36. The van der Waals surface area contributed by atoms with Crippen molar-refractivity contribution in [2.24, 2.45) is 0 Å². The highest BCUT2D eigenvalue weighted by Crippen LogP contribution is 2.10. The van der Waals surface area contributed by atoms with E-state index in [0.717, 1.165) is 13.0 Å². The Bertz CT molecular complexity index is 182. The Kier molecular flexibility index (Phi) is 7.77. The van der Waals surface area contributed by atoms with E-state index in [9.17, 15) is 5.11 Å². The maximum absolute atomic E-state index is 9.52. The van der Waals surface area contributed by atoms with Gasteiger partial charge in [0.15, 0.2) is 0 Å². The summed E-state index contributed by atoms with van der Waals surface area (Å²) in [5, 5.41) is 13.0. The van der Waals surface area contributed by atoms with Gasteiger partial charge >= 0.3 is 0 Å². The summed E-state index contributed by atoms with van der Waals surface area (Å²) in [7, 11) is 1.63. The molecule has 0 saturated carbocycles. The van der Waals surface area contributed by atoms with Gasteiger partial charge in [-0.25, -0.2) is 0 Å². The molecular weight excluding hydrogens is 216 g/mol. The minimum Gasteiger partial charge on any atom is -0.391 e. The summed E-state index contributed by atoms with van der Waals surface area (Å²) in [6.45, 7) is 7.23. The van der Waals surface area contributed by atoms with Gasteiger partial charge in [0.2, 0.25) is 0 Å². The van der Waals surface area contributed by atoms with Gasteiger partial charge in [0.25, 0.3) is 0 Å². The maximum atomic E-state index is 9.52. The summed E-state index contributed by atoms with van der Waals surface area (Å²) in [5.74, 6) is 0. The lowest BCUT2D eigenvalue weighted by atomic mass is 10.0. The number of likely N-dealkylation sites (tertiary alicyclic amines) is 1. The largest absolute Gasteiger partial charge is 0.391 e. The summed E-state index contributed by atoms with van der Waals surface area (Å²) >= 11 is 0. The number of methoxy groups -OCH3 is 1. The first-order chi connectivity index (χ1) is 8.26. The molecule has 0 amide bonds. The van der Waals surface area contributed by atoms with Gasteiger partial charge < -0.3 is 20.1 Å². The summed E-state index contributed by atoms with van der Waals surface area (Å²) in [6.07, 6.45) is 4.18. The zero-order valence-electron chi connectivity index (χ0n) is 11.3. The van der Waals surface area contributed by atoms with E-state index in [4.69, 9.17) is 4.74 Å². The molecule has 1 atom stereocenters. The van der Waals surface area contributed by atoms with Gasteiger partial charge in [-0.1, -0.05) is 6.92 Å². The van der Waals surface area contributed by atoms with Gasteiger partial charge in [0.05, 0.1) is 12.7 Å². The zero-order valence-corrected chi connectivity index (χ0v) is 11.3. The minimum atomic E-state index is -0.326. The Hall–Kier alpha value is -0.160. The third-order valence-electron chi connectivity index (χ3n) is 3.40. The van der Waals surface area contributed by atoms with Crippen molar-refractivity contribution in [3.8, 4) is 0 Å². The quantitative estimate of drug-likeness (QED) is 0.664. The van der Waals surface area contributed by atoms with Crippen LogP contribution in [0.2, 0.25) is 0 Å². The predicted octanol–water partition coefficient (Wildman–Crippen LogP) is 0.848. The Morgan fingerprint density at radius 2 is 2.12 bits per heavy atom. The van der Waals surface area contributed by atoms with Gasteiger partial charge in [-0.15, -0.1) is 0 Å².